The molecule has 1 aliphatic heterocycles. The van der Waals surface area contributed by atoms with Crippen molar-refractivity contribution in [1.82, 2.24) is 0 Å². The molecule has 2 aliphatic rings. The summed E-state index contributed by atoms with van der Waals surface area (Å²) in [5.41, 5.74) is 2.38. The van der Waals surface area contributed by atoms with E-state index in [1.807, 2.05) is 25.1 Å². The first-order valence-corrected chi connectivity index (χ1v) is 14.8. The van der Waals surface area contributed by atoms with E-state index >= 15 is 0 Å². The lowest BCUT2D eigenvalue weighted by atomic mass is 9.92. The third kappa shape index (κ3) is 5.20. The third-order valence-corrected chi connectivity index (χ3v) is 9.50. The van der Waals surface area contributed by atoms with Crippen LogP contribution < -0.4 is 19.1 Å². The van der Waals surface area contributed by atoms with Gasteiger partial charge >= 0.3 is 16.1 Å². The van der Waals surface area contributed by atoms with Crippen molar-refractivity contribution < 1.29 is 31.7 Å². The molecule has 0 unspecified atom stereocenters. The minimum atomic E-state index is -3.69. The molecule has 2 aromatic carbocycles. The van der Waals surface area contributed by atoms with Crippen LogP contribution in [0.2, 0.25) is 0 Å². The van der Waals surface area contributed by atoms with Gasteiger partial charge in [0.05, 0.1) is 23.7 Å². The van der Waals surface area contributed by atoms with Crippen LogP contribution in [0.25, 0.3) is 11.1 Å². The summed E-state index contributed by atoms with van der Waals surface area (Å²) in [6.45, 7) is 5.42. The van der Waals surface area contributed by atoms with E-state index in [4.69, 9.17) is 13.7 Å². The average molecular weight is 571 g/mol. The Kier molecular flexibility index (Phi) is 6.84. The van der Waals surface area contributed by atoms with Gasteiger partial charge in [-0.2, -0.15) is 8.42 Å². The van der Waals surface area contributed by atoms with Gasteiger partial charge in [0.1, 0.15) is 28.5 Å². The van der Waals surface area contributed by atoms with Gasteiger partial charge in [0.25, 0.3) is 5.91 Å². The summed E-state index contributed by atoms with van der Waals surface area (Å²) >= 11 is 1.35. The molecule has 2 heterocycles. The van der Waals surface area contributed by atoms with E-state index in [1.54, 1.807) is 44.0 Å². The molecule has 39 heavy (non-hydrogen) atoms. The quantitative estimate of drug-likeness (QED) is 0.293. The predicted molar refractivity (Wildman–Crippen MR) is 150 cm³/mol. The van der Waals surface area contributed by atoms with Crippen LogP contribution in [0.4, 0.5) is 11.4 Å². The number of ether oxygens (including phenoxy) is 2. The van der Waals surface area contributed by atoms with Crippen LogP contribution >= 0.6 is 11.3 Å². The maximum atomic E-state index is 13.2. The lowest BCUT2D eigenvalue weighted by Crippen LogP contribution is -2.52. The number of benzene rings is 2. The van der Waals surface area contributed by atoms with Crippen LogP contribution in [0.3, 0.4) is 0 Å². The van der Waals surface area contributed by atoms with Crippen LogP contribution in [0.5, 0.6) is 11.5 Å². The van der Waals surface area contributed by atoms with Crippen molar-refractivity contribution in [3.8, 4) is 22.6 Å². The summed E-state index contributed by atoms with van der Waals surface area (Å²) < 4.78 is 41.4. The van der Waals surface area contributed by atoms with Gasteiger partial charge in [0.15, 0.2) is 0 Å². The SMILES string of the molecule is COc1cc(OS(=O)(=O)C2CC2)ccc1-c1ccc2c(c1COC(=O)c1ccc(C)s1)N(C)C(=O)C(C)(C)N2. The molecule has 1 aliphatic carbocycles. The van der Waals surface area contributed by atoms with Gasteiger partial charge in [-0.3, -0.25) is 4.79 Å². The maximum absolute atomic E-state index is 13.2. The number of likely N-dealkylation sites (N-methyl/N-ethyl adjacent to an activating group) is 1. The fourth-order valence-electron chi connectivity index (χ4n) is 4.69. The van der Waals surface area contributed by atoms with Crippen LogP contribution in [0.15, 0.2) is 42.5 Å². The standard InChI is InChI=1S/C28H30N2O7S2/c1-16-6-13-24(38-16)26(31)36-15-21-19(11-12-22-25(21)30(4)27(32)28(2,3)29-22)20-10-7-17(14-23(20)35-5)37-39(33,34)18-8-9-18/h6-7,10-14,18,29H,8-9,15H2,1-5H3. The molecule has 0 atom stereocenters. The summed E-state index contributed by atoms with van der Waals surface area (Å²) in [7, 11) is -0.521. The van der Waals surface area contributed by atoms with Gasteiger partial charge < -0.3 is 23.9 Å². The predicted octanol–water partition coefficient (Wildman–Crippen LogP) is 5.13. The monoisotopic (exact) mass is 570 g/mol. The molecule has 1 N–H and O–H groups in total. The number of nitrogens with one attached hydrogen (secondary N) is 1. The van der Waals surface area contributed by atoms with Crippen molar-refractivity contribution in [2.75, 3.05) is 24.4 Å². The number of carbonyl (C=O) groups excluding carboxylic acids is 2. The number of rotatable bonds is 8. The molecule has 1 saturated carbocycles. The van der Waals surface area contributed by atoms with Crippen LogP contribution in [0, 0.1) is 6.92 Å². The highest BCUT2D eigenvalue weighted by Crippen LogP contribution is 2.45. The van der Waals surface area contributed by atoms with Crippen LogP contribution in [0.1, 0.15) is 46.8 Å². The van der Waals surface area contributed by atoms with Crippen LogP contribution in [-0.2, 0) is 26.3 Å². The molecule has 0 saturated heterocycles. The number of hydrogen-bond donors (Lipinski definition) is 1. The number of methoxy groups -OCH3 is 1. The van der Waals surface area contributed by atoms with E-state index in [9.17, 15) is 18.0 Å². The zero-order valence-corrected chi connectivity index (χ0v) is 24.0. The minimum Gasteiger partial charge on any atom is -0.496 e. The summed E-state index contributed by atoms with van der Waals surface area (Å²) in [5.74, 6) is -0.0828. The zero-order chi connectivity index (χ0) is 28.1. The first kappa shape index (κ1) is 27.0. The van der Waals surface area contributed by atoms with E-state index in [0.29, 0.717) is 45.8 Å². The van der Waals surface area contributed by atoms with Gasteiger partial charge in [-0.25, -0.2) is 4.79 Å². The molecule has 0 radical (unpaired) electrons. The molecular formula is C28H30N2O7S2. The van der Waals surface area contributed by atoms with Gasteiger partial charge in [0.2, 0.25) is 0 Å². The first-order valence-electron chi connectivity index (χ1n) is 12.5. The highest BCUT2D eigenvalue weighted by Gasteiger charge is 2.39. The number of esters is 1. The van der Waals surface area contributed by atoms with Crippen molar-refractivity contribution in [1.29, 1.82) is 0 Å². The summed E-state index contributed by atoms with van der Waals surface area (Å²) in [5, 5.41) is 2.82. The summed E-state index contributed by atoms with van der Waals surface area (Å²) in [6, 6.07) is 12.1. The molecule has 9 nitrogen and oxygen atoms in total. The van der Waals surface area contributed by atoms with Crippen molar-refractivity contribution in [3.05, 3.63) is 57.8 Å². The van der Waals surface area contributed by atoms with Crippen molar-refractivity contribution in [2.24, 2.45) is 0 Å². The molecule has 1 fully saturated rings. The second-order valence-electron chi connectivity index (χ2n) is 10.2. The summed E-state index contributed by atoms with van der Waals surface area (Å²) in [4.78, 5) is 29.1. The first-order chi connectivity index (χ1) is 18.4. The molecule has 11 heteroatoms. The number of anilines is 2. The smallest absolute Gasteiger partial charge is 0.348 e. The number of fused-ring (bicyclic) bond motifs is 1. The summed E-state index contributed by atoms with van der Waals surface area (Å²) in [6.07, 6.45) is 1.19. The number of thiophene rings is 1. The fourth-order valence-corrected chi connectivity index (χ4v) is 6.67. The topological polar surface area (TPSA) is 111 Å². The fraction of sp³-hybridized carbons (Fsp3) is 0.357. The van der Waals surface area contributed by atoms with E-state index in [2.05, 4.69) is 5.32 Å². The van der Waals surface area contributed by atoms with Crippen molar-refractivity contribution in [3.63, 3.8) is 0 Å². The van der Waals surface area contributed by atoms with Crippen molar-refractivity contribution in [2.45, 2.75) is 51.0 Å². The third-order valence-electron chi connectivity index (χ3n) is 6.80. The number of nitrogens with zero attached hydrogens (tertiary/aromatic N) is 1. The van der Waals surface area contributed by atoms with E-state index in [-0.39, 0.29) is 18.3 Å². The van der Waals surface area contributed by atoms with Gasteiger partial charge in [-0.1, -0.05) is 6.07 Å². The Morgan fingerprint density at radius 2 is 1.85 bits per heavy atom. The van der Waals surface area contributed by atoms with Crippen molar-refractivity contribution >= 4 is 44.7 Å². The Bertz CT molecular complexity index is 1570. The normalized spacial score (nSPS) is 16.3. The zero-order valence-electron chi connectivity index (χ0n) is 22.4. The molecule has 1 amide bonds. The largest absolute Gasteiger partial charge is 0.496 e. The second kappa shape index (κ2) is 9.87. The average Bonchev–Trinajstić information content (AvgIpc) is 3.67. The number of carbonyl (C=O) groups is 2. The van der Waals surface area contributed by atoms with Gasteiger partial charge in [0, 0.05) is 29.1 Å². The number of hydrogen-bond acceptors (Lipinski definition) is 9. The Labute approximate surface area is 231 Å². The number of aryl methyl sites for hydroxylation is 1. The minimum absolute atomic E-state index is 0.106. The van der Waals surface area contributed by atoms with E-state index in [0.717, 1.165) is 10.6 Å². The van der Waals surface area contributed by atoms with Crippen LogP contribution in [-0.4, -0.2) is 45.2 Å². The lowest BCUT2D eigenvalue weighted by molar-refractivity contribution is -0.121. The Hall–Kier alpha value is -3.57. The Morgan fingerprint density at radius 1 is 1.13 bits per heavy atom. The van der Waals surface area contributed by atoms with E-state index < -0.39 is 26.9 Å². The molecule has 0 spiro atoms. The van der Waals surface area contributed by atoms with E-state index in [1.165, 1.54) is 24.5 Å². The Morgan fingerprint density at radius 3 is 2.49 bits per heavy atom. The van der Waals surface area contributed by atoms with Gasteiger partial charge in [-0.15, -0.1) is 11.3 Å². The Balaban J connectivity index is 1.58. The molecular weight excluding hydrogens is 540 g/mol. The maximum Gasteiger partial charge on any atom is 0.348 e. The number of amides is 1. The molecule has 1 aromatic heterocycles. The molecule has 5 rings (SSSR count). The molecule has 206 valence electrons. The highest BCUT2D eigenvalue weighted by molar-refractivity contribution is 7.88. The highest BCUT2D eigenvalue weighted by atomic mass is 32.2. The lowest BCUT2D eigenvalue weighted by Gasteiger charge is -2.39. The molecule has 0 bridgehead atoms. The second-order valence-corrected chi connectivity index (χ2v) is 13.3. The van der Waals surface area contributed by atoms with Gasteiger partial charge in [-0.05, 0) is 69.5 Å². The molecule has 3 aromatic rings.